The molecule has 0 saturated heterocycles. The minimum Gasteiger partial charge on any atom is -0.437 e. The fraction of sp³-hybridized carbons (Fsp3) is 0.320. The van der Waals surface area contributed by atoms with E-state index in [0.717, 1.165) is 5.56 Å². The number of aryl methyl sites for hydroxylation is 1. The van der Waals surface area contributed by atoms with E-state index in [1.807, 2.05) is 19.1 Å². The zero-order valence-electron chi connectivity index (χ0n) is 21.6. The highest BCUT2D eigenvalue weighted by atomic mass is 16.3. The molecule has 3 heterocycles. The van der Waals surface area contributed by atoms with Crippen LogP contribution in [0.3, 0.4) is 0 Å². The molecule has 0 saturated carbocycles. The van der Waals surface area contributed by atoms with Crippen LogP contribution >= 0.6 is 0 Å². The molecule has 4 heteroatoms. The van der Waals surface area contributed by atoms with E-state index in [-0.39, 0.29) is 17.6 Å². The summed E-state index contributed by atoms with van der Waals surface area (Å²) < 4.78 is 43.3. The highest BCUT2D eigenvalue weighted by molar-refractivity contribution is 6.10. The molecule has 0 bridgehead atoms. The van der Waals surface area contributed by atoms with E-state index in [1.54, 1.807) is 45.4 Å². The number of pyridine rings is 2. The number of hydrogen-bond donors (Lipinski definition) is 0. The minimum atomic E-state index is -1.92. The summed E-state index contributed by atoms with van der Waals surface area (Å²) >= 11 is 0. The van der Waals surface area contributed by atoms with E-state index in [0.29, 0.717) is 44.6 Å². The molecular formula is C25H26N3O+. The molecule has 0 unspecified atom stereocenters. The first-order valence-electron chi connectivity index (χ1n) is 11.5. The normalized spacial score (nSPS) is 14.4. The van der Waals surface area contributed by atoms with Crippen LogP contribution in [0.4, 0.5) is 0 Å². The van der Waals surface area contributed by atoms with Gasteiger partial charge in [0, 0.05) is 33.3 Å². The lowest BCUT2D eigenvalue weighted by Crippen LogP contribution is -2.35. The van der Waals surface area contributed by atoms with Crippen LogP contribution in [-0.4, -0.2) is 4.98 Å². The Morgan fingerprint density at radius 2 is 2.00 bits per heavy atom. The monoisotopic (exact) mass is 388 g/mol. The van der Waals surface area contributed by atoms with Crippen LogP contribution in [-0.2, 0) is 13.4 Å². The van der Waals surface area contributed by atoms with E-state index in [1.165, 1.54) is 6.20 Å². The Morgan fingerprint density at radius 3 is 2.69 bits per heavy atom. The first kappa shape index (κ1) is 14.8. The Morgan fingerprint density at radius 1 is 1.24 bits per heavy atom. The number of furan rings is 1. The summed E-state index contributed by atoms with van der Waals surface area (Å²) in [5.74, 6) is 0. The molecular weight excluding hydrogens is 358 g/mol. The van der Waals surface area contributed by atoms with Crippen LogP contribution in [0.1, 0.15) is 48.6 Å². The number of benzene rings is 1. The maximum absolute atomic E-state index is 9.60. The molecule has 4 rings (SSSR count). The molecule has 29 heavy (non-hydrogen) atoms. The maximum Gasteiger partial charge on any atom is 0.228 e. The Bertz CT molecular complexity index is 1490. The quantitative estimate of drug-likeness (QED) is 0.423. The molecule has 0 fully saturated rings. The van der Waals surface area contributed by atoms with Gasteiger partial charge < -0.3 is 4.42 Å². The second kappa shape index (κ2) is 6.70. The van der Waals surface area contributed by atoms with Crippen LogP contribution in [0.25, 0.3) is 33.3 Å². The first-order chi connectivity index (χ1) is 15.3. The summed E-state index contributed by atoms with van der Waals surface area (Å²) in [5, 5.41) is 10.9. The van der Waals surface area contributed by atoms with Crippen LogP contribution in [0.2, 0.25) is 0 Å². The molecule has 0 N–H and O–H groups in total. The molecule has 0 amide bonds. The second-order valence-electron chi connectivity index (χ2n) is 8.38. The molecule has 3 aromatic heterocycles. The third kappa shape index (κ3) is 3.27. The largest absolute Gasteiger partial charge is 0.437 e. The van der Waals surface area contributed by atoms with Crippen molar-refractivity contribution in [3.05, 3.63) is 58.9 Å². The fourth-order valence-corrected chi connectivity index (χ4v) is 3.58. The van der Waals surface area contributed by atoms with Gasteiger partial charge >= 0.3 is 0 Å². The average Bonchev–Trinajstić information content (AvgIpc) is 3.11. The third-order valence-corrected chi connectivity index (χ3v) is 5.00. The predicted octanol–water partition coefficient (Wildman–Crippen LogP) is 5.55. The SMILES string of the molecule is [2H]c1c(C([2H])([2H])C(C)(C)C)c([2H])c(-c2c(C)ccc3c2oc2nccc(C#N)c23)[n+](C)c1C. The number of fused-ring (bicyclic) bond motifs is 3. The van der Waals surface area contributed by atoms with Gasteiger partial charge in [-0.2, -0.15) is 9.83 Å². The van der Waals surface area contributed by atoms with Crippen LogP contribution in [0.15, 0.2) is 40.9 Å². The molecule has 4 nitrogen and oxygen atoms in total. The molecule has 1 aromatic carbocycles. The van der Waals surface area contributed by atoms with Gasteiger partial charge in [0.05, 0.1) is 19.3 Å². The van der Waals surface area contributed by atoms with Crippen molar-refractivity contribution in [2.24, 2.45) is 12.5 Å². The van der Waals surface area contributed by atoms with Crippen molar-refractivity contribution in [3.63, 3.8) is 0 Å². The van der Waals surface area contributed by atoms with Gasteiger partial charge in [0.2, 0.25) is 11.4 Å². The van der Waals surface area contributed by atoms with Crippen molar-refractivity contribution in [2.45, 2.75) is 41.0 Å². The predicted molar refractivity (Wildman–Crippen MR) is 115 cm³/mol. The van der Waals surface area contributed by atoms with Gasteiger partial charge in [-0.25, -0.2) is 4.98 Å². The van der Waals surface area contributed by atoms with Gasteiger partial charge in [0.25, 0.3) is 0 Å². The molecule has 0 aliphatic carbocycles. The van der Waals surface area contributed by atoms with Crippen molar-refractivity contribution in [2.75, 3.05) is 0 Å². The summed E-state index contributed by atoms with van der Waals surface area (Å²) in [6, 6.07) is 7.60. The molecule has 146 valence electrons. The molecule has 0 spiro atoms. The zero-order chi connectivity index (χ0) is 24.5. The lowest BCUT2D eigenvalue weighted by molar-refractivity contribution is -0.666. The highest BCUT2D eigenvalue weighted by Gasteiger charge is 2.24. The van der Waals surface area contributed by atoms with Crippen molar-refractivity contribution in [1.29, 1.82) is 5.26 Å². The number of rotatable bonds is 2. The Hall–Kier alpha value is -3.19. The average molecular weight is 389 g/mol. The van der Waals surface area contributed by atoms with Crippen molar-refractivity contribution >= 4 is 22.1 Å². The Kier molecular flexibility index (Phi) is 3.41. The van der Waals surface area contributed by atoms with Gasteiger partial charge in [0.1, 0.15) is 13.1 Å². The van der Waals surface area contributed by atoms with E-state index >= 15 is 0 Å². The molecule has 0 aliphatic heterocycles. The van der Waals surface area contributed by atoms with Gasteiger partial charge in [0.15, 0.2) is 11.3 Å². The van der Waals surface area contributed by atoms with Crippen LogP contribution < -0.4 is 4.57 Å². The van der Waals surface area contributed by atoms with Gasteiger partial charge in [-0.15, -0.1) is 0 Å². The Balaban J connectivity index is 2.20. The van der Waals surface area contributed by atoms with E-state index < -0.39 is 11.8 Å². The molecule has 4 aromatic rings. The molecule has 0 atom stereocenters. The first-order valence-corrected chi connectivity index (χ1v) is 9.54. The zero-order valence-corrected chi connectivity index (χ0v) is 17.6. The van der Waals surface area contributed by atoms with Crippen molar-refractivity contribution in [1.82, 2.24) is 4.98 Å². The third-order valence-electron chi connectivity index (χ3n) is 5.00. The van der Waals surface area contributed by atoms with Gasteiger partial charge in [-0.05, 0) is 35.9 Å². The topological polar surface area (TPSA) is 53.7 Å². The number of hydrogen-bond acceptors (Lipinski definition) is 3. The summed E-state index contributed by atoms with van der Waals surface area (Å²) in [6.07, 6.45) is -0.388. The highest BCUT2D eigenvalue weighted by Crippen LogP contribution is 2.38. The van der Waals surface area contributed by atoms with E-state index in [9.17, 15) is 5.26 Å². The van der Waals surface area contributed by atoms with Crippen molar-refractivity contribution in [3.8, 4) is 17.3 Å². The Labute approximate surface area is 177 Å². The van der Waals surface area contributed by atoms with E-state index in [2.05, 4.69) is 11.1 Å². The summed E-state index contributed by atoms with van der Waals surface area (Å²) in [6.45, 7) is 8.98. The van der Waals surface area contributed by atoms with Crippen LogP contribution in [0, 0.1) is 30.6 Å². The number of aromatic nitrogens is 2. The van der Waals surface area contributed by atoms with E-state index in [4.69, 9.17) is 9.90 Å². The maximum atomic E-state index is 9.60. The summed E-state index contributed by atoms with van der Waals surface area (Å²) in [7, 11) is 1.77. The smallest absolute Gasteiger partial charge is 0.228 e. The summed E-state index contributed by atoms with van der Waals surface area (Å²) in [5.41, 5.74) is 3.00. The fourth-order valence-electron chi connectivity index (χ4n) is 3.58. The van der Waals surface area contributed by atoms with Crippen molar-refractivity contribution < 1.29 is 14.5 Å². The second-order valence-corrected chi connectivity index (χ2v) is 8.38. The number of nitrogens with zero attached hydrogens (tertiary/aromatic N) is 3. The molecule has 0 aliphatic rings. The van der Waals surface area contributed by atoms with Crippen LogP contribution in [0.5, 0.6) is 0 Å². The molecule has 0 radical (unpaired) electrons. The lowest BCUT2D eigenvalue weighted by atomic mass is 9.87. The van der Waals surface area contributed by atoms with Gasteiger partial charge in [-0.1, -0.05) is 32.9 Å². The van der Waals surface area contributed by atoms with Gasteiger partial charge in [-0.3, -0.25) is 0 Å². The standard InChI is InChI=1S/C25H26N3O/c1-15-7-8-19-22-18(14-26)9-10-27-24(22)29-23(19)21(15)20-12-17(13-25(3,4)5)11-16(2)28(20)6/h7-12H,13H2,1-6H3/q+1/i11D,12D,13D2. The minimum absolute atomic E-state index is 0.0223. The summed E-state index contributed by atoms with van der Waals surface area (Å²) in [4.78, 5) is 4.30. The lowest BCUT2D eigenvalue weighted by Gasteiger charge is -2.18. The number of nitriles is 1.